The van der Waals surface area contributed by atoms with E-state index in [9.17, 15) is 4.79 Å². The molecule has 0 saturated carbocycles. The zero-order valence-electron chi connectivity index (χ0n) is 10.8. The molecule has 2 rings (SSSR count). The average molecular weight is 249 g/mol. The maximum absolute atomic E-state index is 11.6. The summed E-state index contributed by atoms with van der Waals surface area (Å²) < 4.78 is 5.57. The van der Waals surface area contributed by atoms with E-state index in [2.05, 4.69) is 22.5 Å². The lowest BCUT2D eigenvalue weighted by molar-refractivity contribution is 0.000921. The third-order valence-electron chi connectivity index (χ3n) is 3.33. The predicted molar refractivity (Wildman–Crippen MR) is 69.5 cm³/mol. The van der Waals surface area contributed by atoms with E-state index < -0.39 is 11.7 Å². The van der Waals surface area contributed by atoms with Crippen LogP contribution in [0, 0.1) is 0 Å². The van der Waals surface area contributed by atoms with Gasteiger partial charge in [0.2, 0.25) is 0 Å². The number of carbonyl (C=O) groups excluding carboxylic acids is 1. The minimum atomic E-state index is -0.561. The van der Waals surface area contributed by atoms with E-state index in [1.807, 2.05) is 19.1 Å². The monoisotopic (exact) mass is 249 g/mol. The Hall–Kier alpha value is -1.62. The lowest BCUT2D eigenvalue weighted by Gasteiger charge is -2.37. The fraction of sp³-hybridized carbons (Fsp3) is 0.538. The summed E-state index contributed by atoms with van der Waals surface area (Å²) in [6, 6.07) is 3.84. The number of pyridine rings is 1. The van der Waals surface area contributed by atoms with Crippen LogP contribution in [0.5, 0.6) is 0 Å². The number of hydrogen-bond donors (Lipinski definition) is 2. The molecule has 0 aromatic carbocycles. The Labute approximate surface area is 107 Å². The number of carbonyl (C=O) groups is 1. The Kier molecular flexibility index (Phi) is 3.81. The molecule has 98 valence electrons. The van der Waals surface area contributed by atoms with Crippen molar-refractivity contribution in [3.8, 4) is 0 Å². The van der Waals surface area contributed by atoms with Gasteiger partial charge in [0, 0.05) is 18.2 Å². The number of rotatable bonds is 5. The smallest absolute Gasteiger partial charge is 0.413 e. The van der Waals surface area contributed by atoms with Gasteiger partial charge in [-0.15, -0.1) is 0 Å². The summed E-state index contributed by atoms with van der Waals surface area (Å²) in [5.74, 6) is 0.618. The van der Waals surface area contributed by atoms with Gasteiger partial charge in [-0.2, -0.15) is 0 Å². The predicted octanol–water partition coefficient (Wildman–Crippen LogP) is 2.25. The van der Waals surface area contributed by atoms with Crippen molar-refractivity contribution in [1.82, 2.24) is 10.3 Å². The van der Waals surface area contributed by atoms with Gasteiger partial charge in [-0.3, -0.25) is 5.32 Å². The topological polar surface area (TPSA) is 63.2 Å². The molecule has 1 amide bonds. The van der Waals surface area contributed by atoms with Gasteiger partial charge in [-0.1, -0.05) is 13.8 Å². The zero-order valence-corrected chi connectivity index (χ0v) is 10.8. The van der Waals surface area contributed by atoms with E-state index in [1.165, 1.54) is 0 Å². The number of cyclic esters (lactones) is 1. The van der Waals surface area contributed by atoms with Crippen molar-refractivity contribution in [3.05, 3.63) is 23.9 Å². The van der Waals surface area contributed by atoms with Crippen molar-refractivity contribution < 1.29 is 9.53 Å². The first kappa shape index (κ1) is 12.8. The summed E-state index contributed by atoms with van der Waals surface area (Å²) in [6.07, 6.45) is 2.75. The Morgan fingerprint density at radius 3 is 3.06 bits per heavy atom. The molecule has 0 spiro atoms. The van der Waals surface area contributed by atoms with E-state index in [-0.39, 0.29) is 0 Å². The average Bonchev–Trinajstić information content (AvgIpc) is 2.38. The van der Waals surface area contributed by atoms with Crippen LogP contribution in [0.15, 0.2) is 18.3 Å². The summed E-state index contributed by atoms with van der Waals surface area (Å²) in [7, 11) is 0. The highest BCUT2D eigenvalue weighted by atomic mass is 16.6. The molecule has 18 heavy (non-hydrogen) atoms. The van der Waals surface area contributed by atoms with Crippen molar-refractivity contribution in [2.45, 2.75) is 32.3 Å². The van der Waals surface area contributed by atoms with Crippen LogP contribution < -0.4 is 10.6 Å². The Morgan fingerprint density at radius 1 is 1.50 bits per heavy atom. The molecule has 0 fully saturated rings. The molecule has 0 radical (unpaired) electrons. The zero-order chi connectivity index (χ0) is 13.0. The third kappa shape index (κ3) is 2.31. The van der Waals surface area contributed by atoms with Crippen LogP contribution in [0.2, 0.25) is 0 Å². The number of aromatic nitrogens is 1. The molecule has 1 aliphatic heterocycles. The Balaban J connectivity index is 2.31. The van der Waals surface area contributed by atoms with Crippen molar-refractivity contribution in [2.24, 2.45) is 0 Å². The number of nitrogens with zero attached hydrogens (tertiary/aromatic N) is 1. The molecule has 1 aliphatic rings. The first-order valence-corrected chi connectivity index (χ1v) is 6.38. The molecule has 5 nitrogen and oxygen atoms in total. The molecule has 2 N–H and O–H groups in total. The highest BCUT2D eigenvalue weighted by molar-refractivity contribution is 5.87. The van der Waals surface area contributed by atoms with Crippen LogP contribution in [0.4, 0.5) is 10.6 Å². The SMILES string of the molecule is CCNCCC1(CC)OC(=O)Nc2ncccc21. The first-order valence-electron chi connectivity index (χ1n) is 6.38. The van der Waals surface area contributed by atoms with Gasteiger partial charge in [0.15, 0.2) is 0 Å². The normalized spacial score (nSPS) is 22.0. The second-order valence-corrected chi connectivity index (χ2v) is 4.37. The summed E-state index contributed by atoms with van der Waals surface area (Å²) >= 11 is 0. The molecular formula is C13H19N3O2. The van der Waals surface area contributed by atoms with E-state index in [0.717, 1.165) is 31.5 Å². The summed E-state index contributed by atoms with van der Waals surface area (Å²) in [5, 5.41) is 5.91. The first-order chi connectivity index (χ1) is 8.72. The molecule has 2 heterocycles. The standard InChI is InChI=1S/C13H19N3O2/c1-3-13(7-9-14-4-2)10-6-5-8-15-11(10)16-12(17)18-13/h5-6,8,14H,3-4,7,9H2,1-2H3,(H,15,16,17). The number of ether oxygens (including phenoxy) is 1. The highest BCUT2D eigenvalue weighted by Crippen LogP contribution is 2.39. The summed E-state index contributed by atoms with van der Waals surface area (Å²) in [6.45, 7) is 5.81. The maximum atomic E-state index is 11.6. The number of hydrogen-bond acceptors (Lipinski definition) is 4. The van der Waals surface area contributed by atoms with Crippen LogP contribution in [0.1, 0.15) is 32.3 Å². The minimum absolute atomic E-state index is 0.417. The van der Waals surface area contributed by atoms with Crippen molar-refractivity contribution in [3.63, 3.8) is 0 Å². The largest absolute Gasteiger partial charge is 0.438 e. The fourth-order valence-electron chi connectivity index (χ4n) is 2.32. The molecule has 1 aromatic heterocycles. The molecule has 0 saturated heterocycles. The van der Waals surface area contributed by atoms with Crippen LogP contribution in [0.3, 0.4) is 0 Å². The molecule has 0 bridgehead atoms. The maximum Gasteiger partial charge on any atom is 0.413 e. The molecule has 5 heteroatoms. The van der Waals surface area contributed by atoms with Gasteiger partial charge in [0.25, 0.3) is 0 Å². The Morgan fingerprint density at radius 2 is 2.33 bits per heavy atom. The van der Waals surface area contributed by atoms with E-state index in [0.29, 0.717) is 5.82 Å². The van der Waals surface area contributed by atoms with Gasteiger partial charge >= 0.3 is 6.09 Å². The third-order valence-corrected chi connectivity index (χ3v) is 3.33. The van der Waals surface area contributed by atoms with Crippen LogP contribution >= 0.6 is 0 Å². The lowest BCUT2D eigenvalue weighted by atomic mass is 9.87. The van der Waals surface area contributed by atoms with Gasteiger partial charge in [0.1, 0.15) is 11.4 Å². The molecular weight excluding hydrogens is 230 g/mol. The van der Waals surface area contributed by atoms with Gasteiger partial charge in [-0.05, 0) is 31.6 Å². The van der Waals surface area contributed by atoms with E-state index in [1.54, 1.807) is 6.20 Å². The number of nitrogens with one attached hydrogen (secondary N) is 2. The number of amides is 1. The van der Waals surface area contributed by atoms with Crippen LogP contribution in [-0.2, 0) is 10.3 Å². The van der Waals surface area contributed by atoms with E-state index in [4.69, 9.17) is 4.74 Å². The minimum Gasteiger partial charge on any atom is -0.438 e. The second kappa shape index (κ2) is 5.35. The van der Waals surface area contributed by atoms with Crippen LogP contribution in [-0.4, -0.2) is 24.2 Å². The van der Waals surface area contributed by atoms with Crippen molar-refractivity contribution in [2.75, 3.05) is 18.4 Å². The van der Waals surface area contributed by atoms with Crippen LogP contribution in [0.25, 0.3) is 0 Å². The summed E-state index contributed by atoms with van der Waals surface area (Å²) in [5.41, 5.74) is 0.402. The van der Waals surface area contributed by atoms with Gasteiger partial charge in [-0.25, -0.2) is 9.78 Å². The molecule has 1 unspecified atom stereocenters. The van der Waals surface area contributed by atoms with Crippen molar-refractivity contribution in [1.29, 1.82) is 0 Å². The van der Waals surface area contributed by atoms with Crippen molar-refractivity contribution >= 4 is 11.9 Å². The molecule has 1 atom stereocenters. The van der Waals surface area contributed by atoms with Gasteiger partial charge in [0.05, 0.1) is 0 Å². The molecule has 1 aromatic rings. The van der Waals surface area contributed by atoms with Gasteiger partial charge < -0.3 is 10.1 Å². The highest BCUT2D eigenvalue weighted by Gasteiger charge is 2.40. The Bertz CT molecular complexity index is 436. The number of fused-ring (bicyclic) bond motifs is 1. The number of anilines is 1. The summed E-state index contributed by atoms with van der Waals surface area (Å²) in [4.78, 5) is 15.8. The second-order valence-electron chi connectivity index (χ2n) is 4.37. The fourth-order valence-corrected chi connectivity index (χ4v) is 2.32. The van der Waals surface area contributed by atoms with E-state index >= 15 is 0 Å². The lowest BCUT2D eigenvalue weighted by Crippen LogP contribution is -2.41. The quantitative estimate of drug-likeness (QED) is 0.786. The molecule has 0 aliphatic carbocycles.